The van der Waals surface area contributed by atoms with Crippen LogP contribution < -0.4 is 15.4 Å². The van der Waals surface area contributed by atoms with E-state index in [1.54, 1.807) is 24.4 Å². The molecule has 0 radical (unpaired) electrons. The molecule has 1 aliphatic rings. The molecule has 1 aromatic heterocycles. The summed E-state index contributed by atoms with van der Waals surface area (Å²) >= 11 is 0. The number of phenols is 1. The second-order valence-electron chi connectivity index (χ2n) is 7.04. The molecule has 2 aromatic rings. The molecule has 152 valence electrons. The van der Waals surface area contributed by atoms with Gasteiger partial charge in [0.15, 0.2) is 11.5 Å². The summed E-state index contributed by atoms with van der Waals surface area (Å²) in [6, 6.07) is 6.85. The molecular formula is C22H26N4O3. The van der Waals surface area contributed by atoms with Crippen molar-refractivity contribution in [2.75, 3.05) is 19.0 Å². The molecule has 1 aliphatic heterocycles. The number of anilines is 2. The molecule has 0 spiro atoms. The van der Waals surface area contributed by atoms with Crippen molar-refractivity contribution in [1.29, 1.82) is 0 Å². The number of ether oxygens (including phenoxy) is 1. The molecule has 0 aliphatic carbocycles. The predicted octanol–water partition coefficient (Wildman–Crippen LogP) is 3.95. The molecular weight excluding hydrogens is 368 g/mol. The number of carbonyl (C=O) groups excluding carboxylic acids is 1. The lowest BCUT2D eigenvalue weighted by atomic mass is 9.93. The normalized spacial score (nSPS) is 20.3. The topological polar surface area (TPSA) is 96.4 Å². The zero-order chi connectivity index (χ0) is 21.0. The lowest BCUT2D eigenvalue weighted by Crippen LogP contribution is -2.25. The van der Waals surface area contributed by atoms with Crippen molar-refractivity contribution in [3.8, 4) is 11.5 Å². The minimum Gasteiger partial charge on any atom is -0.504 e. The highest BCUT2D eigenvalue weighted by atomic mass is 16.5. The monoisotopic (exact) mass is 394 g/mol. The van der Waals surface area contributed by atoms with Crippen LogP contribution in [0.3, 0.4) is 0 Å². The Morgan fingerprint density at radius 3 is 2.69 bits per heavy atom. The third-order valence-corrected chi connectivity index (χ3v) is 5.07. The number of phenolic OH excluding ortho intramolecular Hbond substituents is 1. The van der Waals surface area contributed by atoms with E-state index in [1.807, 2.05) is 19.9 Å². The Morgan fingerprint density at radius 1 is 1.17 bits per heavy atom. The highest BCUT2D eigenvalue weighted by Crippen LogP contribution is 2.32. The molecule has 7 nitrogen and oxygen atoms in total. The number of rotatable bonds is 4. The summed E-state index contributed by atoms with van der Waals surface area (Å²) in [5.41, 5.74) is 5.16. The fourth-order valence-corrected chi connectivity index (χ4v) is 3.36. The fourth-order valence-electron chi connectivity index (χ4n) is 3.36. The van der Waals surface area contributed by atoms with Crippen LogP contribution in [0.1, 0.15) is 39.3 Å². The minimum atomic E-state index is -0.0455. The number of allylic oxidation sites excluding steroid dienone is 3. The number of nitrogens with zero attached hydrogens (tertiary/aromatic N) is 2. The van der Waals surface area contributed by atoms with Gasteiger partial charge < -0.3 is 20.5 Å². The van der Waals surface area contributed by atoms with Crippen LogP contribution in [0.25, 0.3) is 5.57 Å². The largest absolute Gasteiger partial charge is 0.504 e. The van der Waals surface area contributed by atoms with Gasteiger partial charge in [-0.25, -0.2) is 9.97 Å². The highest BCUT2D eigenvalue weighted by molar-refractivity contribution is 5.98. The van der Waals surface area contributed by atoms with Crippen LogP contribution in [-0.2, 0) is 4.79 Å². The number of hydrogen-bond acceptors (Lipinski definition) is 6. The van der Waals surface area contributed by atoms with Crippen molar-refractivity contribution in [3.63, 3.8) is 0 Å². The Bertz CT molecular complexity index is 995. The van der Waals surface area contributed by atoms with E-state index in [1.165, 1.54) is 12.7 Å². The van der Waals surface area contributed by atoms with E-state index in [9.17, 15) is 9.90 Å². The number of hydrogen-bond donors (Lipinski definition) is 3. The van der Waals surface area contributed by atoms with Crippen LogP contribution in [-0.4, -0.2) is 34.6 Å². The summed E-state index contributed by atoms with van der Waals surface area (Å²) < 4.78 is 5.07. The number of aromatic nitrogens is 2. The molecule has 2 heterocycles. The Hall–Kier alpha value is -3.35. The summed E-state index contributed by atoms with van der Waals surface area (Å²) in [7, 11) is 1.50. The number of benzene rings is 1. The van der Waals surface area contributed by atoms with Gasteiger partial charge in [0.25, 0.3) is 0 Å². The minimum absolute atomic E-state index is 0.0314. The number of amides is 1. The third-order valence-electron chi connectivity index (χ3n) is 5.07. The zero-order valence-electron chi connectivity index (χ0n) is 17.2. The molecule has 0 atom stereocenters. The highest BCUT2D eigenvalue weighted by Gasteiger charge is 2.18. The summed E-state index contributed by atoms with van der Waals surface area (Å²) in [6.45, 7) is 6.53. The quantitative estimate of drug-likeness (QED) is 0.726. The van der Waals surface area contributed by atoms with Crippen LogP contribution in [0.2, 0.25) is 0 Å². The van der Waals surface area contributed by atoms with Crippen molar-refractivity contribution < 1.29 is 14.6 Å². The number of methoxy groups -OCH3 is 1. The van der Waals surface area contributed by atoms with Crippen LogP contribution in [0, 0.1) is 0 Å². The molecule has 1 aromatic carbocycles. The van der Waals surface area contributed by atoms with Crippen molar-refractivity contribution in [3.05, 3.63) is 52.9 Å². The van der Waals surface area contributed by atoms with Crippen LogP contribution >= 0.6 is 0 Å². The standard InChI is InChI=1S/C22H26N4O3/c1-13-6-5-10-23-21(28)15(3)14(2)20(13)17-9-11-24-22(26-17)25-16-7-8-19(29-4)18(27)12-16/h7-9,11-12,27H,5-6,10H2,1-4H3,(H,23,28)(H,24,25,26)/b15-14+,20-13+. The third kappa shape index (κ3) is 4.56. The Balaban J connectivity index is 1.98. The van der Waals surface area contributed by atoms with E-state index < -0.39 is 0 Å². The van der Waals surface area contributed by atoms with Gasteiger partial charge in [0.1, 0.15) is 0 Å². The Morgan fingerprint density at radius 2 is 1.97 bits per heavy atom. The average Bonchev–Trinajstić information content (AvgIpc) is 2.74. The van der Waals surface area contributed by atoms with Gasteiger partial charge >= 0.3 is 0 Å². The maximum Gasteiger partial charge on any atom is 0.247 e. The first-order valence-electron chi connectivity index (χ1n) is 9.54. The predicted molar refractivity (Wildman–Crippen MR) is 113 cm³/mol. The summed E-state index contributed by atoms with van der Waals surface area (Å²) in [6.07, 6.45) is 3.44. The Labute approximate surface area is 170 Å². The van der Waals surface area contributed by atoms with E-state index in [4.69, 9.17) is 4.74 Å². The molecule has 1 amide bonds. The second-order valence-corrected chi connectivity index (χ2v) is 7.04. The summed E-state index contributed by atoms with van der Waals surface area (Å²) in [5.74, 6) is 0.785. The fraction of sp³-hybridized carbons (Fsp3) is 0.318. The van der Waals surface area contributed by atoms with Crippen molar-refractivity contribution in [1.82, 2.24) is 15.3 Å². The molecule has 29 heavy (non-hydrogen) atoms. The van der Waals surface area contributed by atoms with Crippen molar-refractivity contribution in [2.45, 2.75) is 33.6 Å². The Kier molecular flexibility index (Phi) is 6.16. The smallest absolute Gasteiger partial charge is 0.247 e. The summed E-state index contributed by atoms with van der Waals surface area (Å²) in [4.78, 5) is 21.3. The van der Waals surface area contributed by atoms with E-state index in [0.717, 1.165) is 29.7 Å². The van der Waals surface area contributed by atoms with Gasteiger partial charge in [-0.3, -0.25) is 4.79 Å². The lowest BCUT2D eigenvalue weighted by Gasteiger charge is -2.15. The van der Waals surface area contributed by atoms with Gasteiger partial charge in [0, 0.05) is 35.6 Å². The van der Waals surface area contributed by atoms with Crippen molar-refractivity contribution >= 4 is 23.1 Å². The van der Waals surface area contributed by atoms with Gasteiger partial charge in [0.2, 0.25) is 11.9 Å². The SMILES string of the molecule is COc1ccc(Nc2nccc(C3=C(\C)CCCNC(=O)\C(C)=C\3C)n2)cc1O. The molecule has 7 heteroatoms. The van der Waals surface area contributed by atoms with Crippen molar-refractivity contribution in [2.24, 2.45) is 0 Å². The van der Waals surface area contributed by atoms with E-state index in [-0.39, 0.29) is 11.7 Å². The number of carbonyl (C=O) groups is 1. The lowest BCUT2D eigenvalue weighted by molar-refractivity contribution is -0.117. The van der Waals surface area contributed by atoms with E-state index in [0.29, 0.717) is 29.5 Å². The zero-order valence-corrected chi connectivity index (χ0v) is 17.2. The molecule has 3 N–H and O–H groups in total. The van der Waals surface area contributed by atoms with E-state index >= 15 is 0 Å². The van der Waals surface area contributed by atoms with Gasteiger partial charge in [0.05, 0.1) is 12.8 Å². The first-order chi connectivity index (χ1) is 13.9. The summed E-state index contributed by atoms with van der Waals surface area (Å²) in [5, 5.41) is 16.0. The molecule has 0 bridgehead atoms. The van der Waals surface area contributed by atoms with Gasteiger partial charge in [-0.05, 0) is 57.4 Å². The number of nitrogens with one attached hydrogen (secondary N) is 2. The number of aromatic hydroxyl groups is 1. The molecule has 3 rings (SSSR count). The maximum atomic E-state index is 12.3. The molecule has 0 fully saturated rings. The molecule has 0 unspecified atom stereocenters. The maximum absolute atomic E-state index is 12.3. The first-order valence-corrected chi connectivity index (χ1v) is 9.54. The van der Waals surface area contributed by atoms with Gasteiger partial charge in [-0.15, -0.1) is 0 Å². The average molecular weight is 394 g/mol. The van der Waals surface area contributed by atoms with Crippen LogP contribution in [0.5, 0.6) is 11.5 Å². The van der Waals surface area contributed by atoms with Gasteiger partial charge in [-0.1, -0.05) is 5.57 Å². The molecule has 0 saturated heterocycles. The second kappa shape index (κ2) is 8.77. The van der Waals surface area contributed by atoms with Crippen LogP contribution in [0.15, 0.2) is 47.2 Å². The van der Waals surface area contributed by atoms with Gasteiger partial charge in [-0.2, -0.15) is 0 Å². The van der Waals surface area contributed by atoms with Crippen LogP contribution in [0.4, 0.5) is 11.6 Å². The first kappa shape index (κ1) is 20.4. The molecule has 0 saturated carbocycles. The van der Waals surface area contributed by atoms with E-state index in [2.05, 4.69) is 27.5 Å².